The first kappa shape index (κ1) is 49.8. The van der Waals surface area contributed by atoms with E-state index >= 15 is 0 Å². The molecule has 1 atom stereocenters. The Kier molecular flexibility index (Phi) is 35.4. The molecule has 1 fully saturated rings. The van der Waals surface area contributed by atoms with Crippen LogP contribution in [0.15, 0.2) is 35.3 Å². The first-order valence-electron chi connectivity index (χ1n) is 13.2. The molecule has 1 unspecified atom stereocenters. The van der Waals surface area contributed by atoms with Crippen LogP contribution in [0, 0.1) is 33.3 Å². The van der Waals surface area contributed by atoms with Gasteiger partial charge in [-0.25, -0.2) is 4.99 Å². The van der Waals surface area contributed by atoms with E-state index in [4.69, 9.17) is 32.8 Å². The Hall–Kier alpha value is -0.898. The van der Waals surface area contributed by atoms with Gasteiger partial charge < -0.3 is 4.52 Å². The van der Waals surface area contributed by atoms with Crippen LogP contribution in [0.25, 0.3) is 0 Å². The van der Waals surface area contributed by atoms with Crippen LogP contribution in [0.4, 0.5) is 0 Å². The summed E-state index contributed by atoms with van der Waals surface area (Å²) in [5.74, 6) is 0. The van der Waals surface area contributed by atoms with Crippen LogP contribution in [0.3, 0.4) is 0 Å². The minimum atomic E-state index is -1.36. The Balaban J connectivity index is -0.000000231. The topological polar surface area (TPSA) is 121 Å². The van der Waals surface area contributed by atoms with Gasteiger partial charge in [-0.2, -0.15) is 0 Å². The van der Waals surface area contributed by atoms with Crippen molar-refractivity contribution in [2.24, 2.45) is 4.99 Å². The number of nitrogens with zero attached hydrogens (tertiary/aromatic N) is 1. The molecule has 0 saturated heterocycles. The second-order valence-corrected chi connectivity index (χ2v) is 25.2. The summed E-state index contributed by atoms with van der Waals surface area (Å²) in [7, 11) is -3.34. The number of unbranched alkanes of at least 4 members (excludes halogenated alkanes) is 2. The summed E-state index contributed by atoms with van der Waals surface area (Å²) in [5, 5.41) is 0. The maximum absolute atomic E-state index is 7.50. The number of benzene rings is 1. The van der Waals surface area contributed by atoms with Gasteiger partial charge in [0.15, 0.2) is 5.72 Å². The van der Waals surface area contributed by atoms with E-state index in [0.29, 0.717) is 0 Å². The van der Waals surface area contributed by atoms with Crippen LogP contribution >= 0.6 is 8.15 Å². The number of hydrogen-bond donors (Lipinski definition) is 0. The molecule has 3 rings (SSSR count). The van der Waals surface area contributed by atoms with Gasteiger partial charge >= 0.3 is 56.5 Å². The Morgan fingerprint density at radius 3 is 1.46 bits per heavy atom. The summed E-state index contributed by atoms with van der Waals surface area (Å²) in [4.78, 5) is 6.09. The molecule has 1 aromatic rings. The minimum absolute atomic E-state index is 0. The summed E-state index contributed by atoms with van der Waals surface area (Å²) in [6.07, 6.45) is 10.2. The molecule has 1 aromatic carbocycles. The third-order valence-corrected chi connectivity index (χ3v) is 22.3. The van der Waals surface area contributed by atoms with Crippen LogP contribution in [0.5, 0.6) is 0 Å². The molecule has 0 amide bonds. The zero-order valence-corrected chi connectivity index (χ0v) is 31.7. The zero-order chi connectivity index (χ0) is 32.4. The normalized spacial score (nSPS) is 15.9. The SMILES string of the molecule is CCCCC.C[Si](C)(C)C(P1OC2(CCCCC2)N=C1c1ccccc1)[Si](C)(C)C.[C-]#[O+].[C-]#[O+].[C-]#[O+].[C-]#[O+].[C-]#[O+].[W]. The molecule has 1 aliphatic carbocycles. The fourth-order valence-electron chi connectivity index (χ4n) is 5.11. The predicted octanol–water partition coefficient (Wildman–Crippen LogP) is 8.65. The van der Waals surface area contributed by atoms with Gasteiger partial charge in [0.1, 0.15) is 0 Å². The van der Waals surface area contributed by atoms with Crippen LogP contribution < -0.4 is 0 Å². The second kappa shape index (κ2) is 29.2. The zero-order valence-electron chi connectivity index (χ0n) is 25.9. The van der Waals surface area contributed by atoms with Crippen LogP contribution in [0.2, 0.25) is 39.3 Å². The molecule has 226 valence electrons. The van der Waals surface area contributed by atoms with E-state index in [-0.39, 0.29) is 26.8 Å². The van der Waals surface area contributed by atoms with E-state index in [1.807, 2.05) is 0 Å². The van der Waals surface area contributed by atoms with Gasteiger partial charge in [-0.15, -0.1) is 0 Å². The monoisotopic (exact) mass is 787 g/mol. The molecule has 1 aliphatic heterocycles. The van der Waals surface area contributed by atoms with E-state index in [9.17, 15) is 0 Å². The van der Waals surface area contributed by atoms with E-state index in [1.54, 1.807) is 0 Å². The molecule has 41 heavy (non-hydrogen) atoms. The summed E-state index contributed by atoms with van der Waals surface area (Å²) >= 11 is 0. The van der Waals surface area contributed by atoms with Gasteiger partial charge in [0, 0.05) is 26.6 Å². The van der Waals surface area contributed by atoms with Crippen LogP contribution in [0.1, 0.15) is 70.8 Å². The van der Waals surface area contributed by atoms with Crippen molar-refractivity contribution >= 4 is 29.7 Å². The smallest absolute Gasteiger partial charge is 0 e. The van der Waals surface area contributed by atoms with Gasteiger partial charge in [-0.1, -0.05) is 109 Å². The van der Waals surface area contributed by atoms with E-state index in [0.717, 1.165) is 17.7 Å². The predicted molar refractivity (Wildman–Crippen MR) is 162 cm³/mol. The van der Waals surface area contributed by atoms with Gasteiger partial charge in [-0.3, -0.25) is 0 Å². The van der Waals surface area contributed by atoms with Gasteiger partial charge in [-0.05, 0) is 30.6 Å². The van der Waals surface area contributed by atoms with E-state index in [1.165, 1.54) is 49.5 Å². The standard InChI is InChI=1S/C20H34NOPSi2.C5H12.5CO.W/c1-24(2,3)19(25(4,5)6)23-18(17-13-9-7-10-14-17)21-20(22-23)15-11-8-12-16-20;1-3-5-4-2;5*1-2;/h7,9-10,13-14,19H,8,11-12,15-16H2,1-6H3;3-5H2,1-2H3;;;;;;. The molecule has 2 aliphatic rings. The third kappa shape index (κ3) is 19.1. The summed E-state index contributed by atoms with van der Waals surface area (Å²) in [5.41, 5.74) is 2.41. The van der Waals surface area contributed by atoms with Gasteiger partial charge in [0.25, 0.3) is 0 Å². The second-order valence-electron chi connectivity index (χ2n) is 11.2. The Morgan fingerprint density at radius 1 is 0.756 bits per heavy atom. The fourth-order valence-corrected chi connectivity index (χ4v) is 23.9. The van der Waals surface area contributed by atoms with Crippen LogP contribution in [-0.4, -0.2) is 32.2 Å². The molecule has 1 saturated carbocycles. The van der Waals surface area contributed by atoms with E-state index < -0.39 is 24.3 Å². The first-order valence-corrected chi connectivity index (χ1v) is 21.7. The Labute approximate surface area is 266 Å². The van der Waals surface area contributed by atoms with Crippen molar-refractivity contribution in [3.05, 3.63) is 69.1 Å². The third-order valence-electron chi connectivity index (χ3n) is 6.04. The minimum Gasteiger partial charge on any atom is 0 e. The molecule has 0 radical (unpaired) electrons. The average molecular weight is 788 g/mol. The van der Waals surface area contributed by atoms with Crippen molar-refractivity contribution < 1.29 is 48.8 Å². The van der Waals surface area contributed by atoms with Crippen molar-refractivity contribution in [2.45, 2.75) is 115 Å². The van der Waals surface area contributed by atoms with Crippen molar-refractivity contribution in [2.75, 3.05) is 0 Å². The maximum Gasteiger partial charge on any atom is 0 e. The number of rotatable bonds is 6. The Bertz CT molecular complexity index is 849. The molecule has 11 heteroatoms. The van der Waals surface area contributed by atoms with E-state index in [2.05, 4.69) is 117 Å². The largest absolute Gasteiger partial charge is 0 e. The molecule has 0 aromatic heterocycles. The van der Waals surface area contributed by atoms with Crippen molar-refractivity contribution in [3.8, 4) is 0 Å². The summed E-state index contributed by atoms with van der Waals surface area (Å²) in [6.45, 7) is 42.2. The summed E-state index contributed by atoms with van der Waals surface area (Å²) < 4.78 is 44.5. The number of hydrogen-bond acceptors (Lipinski definition) is 2. The fraction of sp³-hybridized carbons (Fsp3) is 0.600. The molecule has 7 nitrogen and oxygen atoms in total. The molecule has 0 bridgehead atoms. The quantitative estimate of drug-likeness (QED) is 0.122. The Morgan fingerprint density at radius 2 is 1.15 bits per heavy atom. The molecule has 1 heterocycles. The average Bonchev–Trinajstić information content (AvgIpc) is 3.31. The van der Waals surface area contributed by atoms with Crippen LogP contribution in [-0.2, 0) is 48.8 Å². The van der Waals surface area contributed by atoms with Crippen molar-refractivity contribution in [1.29, 1.82) is 0 Å². The van der Waals surface area contributed by atoms with Crippen molar-refractivity contribution in [1.82, 2.24) is 0 Å². The van der Waals surface area contributed by atoms with Gasteiger partial charge in [0.2, 0.25) is 0 Å². The molecular formula is C30H46NO6PSi2W. The number of aliphatic imine (C=N–C) groups is 1. The molecule has 1 spiro atoms. The molecule has 0 N–H and O–H groups in total. The summed E-state index contributed by atoms with van der Waals surface area (Å²) in [6, 6.07) is 10.9. The van der Waals surface area contributed by atoms with Gasteiger partial charge in [0.05, 0.1) is 29.7 Å². The molecular weight excluding hydrogens is 741 g/mol. The maximum atomic E-state index is 7.50. The first-order chi connectivity index (χ1) is 19.0. The van der Waals surface area contributed by atoms with Crippen molar-refractivity contribution in [3.63, 3.8) is 0 Å².